The van der Waals surface area contributed by atoms with Crippen molar-refractivity contribution < 1.29 is 32.6 Å². The molecule has 1 saturated heterocycles. The molecule has 2 atom stereocenters. The molecule has 1 amide bonds. The Kier molecular flexibility index (Phi) is 4.81. The predicted octanol–water partition coefficient (Wildman–Crippen LogP) is 4.82. The van der Waals surface area contributed by atoms with Gasteiger partial charge in [0, 0.05) is 18.1 Å². The number of ether oxygens (including phenoxy) is 1. The first-order chi connectivity index (χ1) is 15.7. The van der Waals surface area contributed by atoms with E-state index in [1.807, 2.05) is 6.92 Å². The van der Waals surface area contributed by atoms with E-state index < -0.39 is 35.1 Å². The largest absolute Gasteiger partial charge is 0.507 e. The van der Waals surface area contributed by atoms with E-state index in [1.54, 1.807) is 37.3 Å². The van der Waals surface area contributed by atoms with Crippen LogP contribution in [-0.2, 0) is 16.0 Å². The molecule has 1 aromatic heterocycles. The number of fused-ring (bicyclic) bond motifs is 1. The number of furan rings is 1. The molecule has 0 aliphatic carbocycles. The summed E-state index contributed by atoms with van der Waals surface area (Å²) in [6.45, 7) is 3.59. The Hall–Kier alpha value is -3.94. The summed E-state index contributed by atoms with van der Waals surface area (Å²) in [5, 5.41) is 11.2. The smallest absolute Gasteiger partial charge is 0.300 e. The summed E-state index contributed by atoms with van der Waals surface area (Å²) in [6.07, 6.45) is 0.613. The first-order valence-corrected chi connectivity index (χ1v) is 10.4. The number of Topliss-reactive ketones (excluding diaryl/α,β-unsaturated/α-hetero) is 1. The molecular formula is C25H19F2NO5. The van der Waals surface area contributed by atoms with E-state index >= 15 is 0 Å². The maximum Gasteiger partial charge on any atom is 0.300 e. The van der Waals surface area contributed by atoms with Gasteiger partial charge in [-0.25, -0.2) is 8.78 Å². The molecule has 1 fully saturated rings. The molecule has 2 aliphatic rings. The Labute approximate surface area is 187 Å². The van der Waals surface area contributed by atoms with Gasteiger partial charge in [0.2, 0.25) is 0 Å². The summed E-state index contributed by atoms with van der Waals surface area (Å²) in [6, 6.07) is 9.61. The number of rotatable bonds is 3. The number of hydrogen-bond donors (Lipinski definition) is 1. The van der Waals surface area contributed by atoms with Crippen LogP contribution in [0.3, 0.4) is 0 Å². The normalized spacial score (nSPS) is 21.4. The van der Waals surface area contributed by atoms with Crippen molar-refractivity contribution in [2.75, 3.05) is 4.90 Å². The van der Waals surface area contributed by atoms with Gasteiger partial charge in [0.25, 0.3) is 11.7 Å². The highest BCUT2D eigenvalue weighted by Gasteiger charge is 2.49. The molecular weight excluding hydrogens is 432 g/mol. The summed E-state index contributed by atoms with van der Waals surface area (Å²) in [7, 11) is 0. The molecule has 0 bridgehead atoms. The molecule has 0 saturated carbocycles. The highest BCUT2D eigenvalue weighted by Crippen LogP contribution is 2.44. The topological polar surface area (TPSA) is 80.0 Å². The number of amides is 1. The Morgan fingerprint density at radius 1 is 1.09 bits per heavy atom. The van der Waals surface area contributed by atoms with E-state index in [1.165, 1.54) is 0 Å². The zero-order valence-corrected chi connectivity index (χ0v) is 17.8. The quantitative estimate of drug-likeness (QED) is 0.351. The first-order valence-electron chi connectivity index (χ1n) is 10.4. The Balaban J connectivity index is 1.70. The van der Waals surface area contributed by atoms with Gasteiger partial charge in [-0.15, -0.1) is 0 Å². The van der Waals surface area contributed by atoms with Crippen LogP contribution in [0, 0.1) is 18.6 Å². The molecule has 3 aromatic rings. The third-order valence-corrected chi connectivity index (χ3v) is 5.81. The average Bonchev–Trinajstić information content (AvgIpc) is 3.43. The fourth-order valence-corrected chi connectivity index (χ4v) is 4.35. The zero-order chi connectivity index (χ0) is 23.4. The van der Waals surface area contributed by atoms with Crippen LogP contribution in [-0.4, -0.2) is 22.9 Å². The average molecular weight is 451 g/mol. The van der Waals surface area contributed by atoms with Crippen LogP contribution in [0.15, 0.2) is 58.5 Å². The fraction of sp³-hybridized carbons (Fsp3) is 0.200. The van der Waals surface area contributed by atoms with Crippen LogP contribution < -0.4 is 9.64 Å². The number of anilines is 1. The number of halogens is 2. The highest BCUT2D eigenvalue weighted by atomic mass is 19.1. The summed E-state index contributed by atoms with van der Waals surface area (Å²) < 4.78 is 39.5. The lowest BCUT2D eigenvalue weighted by atomic mass is 9.97. The molecule has 2 unspecified atom stereocenters. The van der Waals surface area contributed by atoms with E-state index in [9.17, 15) is 23.5 Å². The zero-order valence-electron chi connectivity index (χ0n) is 17.8. The lowest BCUT2D eigenvalue weighted by molar-refractivity contribution is -0.132. The number of nitrogens with zero attached hydrogens (tertiary/aromatic N) is 1. The predicted molar refractivity (Wildman–Crippen MR) is 115 cm³/mol. The monoisotopic (exact) mass is 451 g/mol. The second-order valence-electron chi connectivity index (χ2n) is 8.17. The van der Waals surface area contributed by atoms with Crippen LogP contribution in [0.25, 0.3) is 5.76 Å². The molecule has 0 spiro atoms. The van der Waals surface area contributed by atoms with Crippen molar-refractivity contribution in [1.29, 1.82) is 0 Å². The van der Waals surface area contributed by atoms with Gasteiger partial charge < -0.3 is 14.3 Å². The molecule has 1 N–H and O–H groups in total. The summed E-state index contributed by atoms with van der Waals surface area (Å²) >= 11 is 0. The number of ketones is 1. The molecule has 0 radical (unpaired) electrons. The number of carbonyl (C=O) groups is 2. The molecule has 5 rings (SSSR count). The standard InChI is InChI=1S/C25H19F2NO5/c1-12-3-7-20(32-12)22-21(23(29)14-4-8-19-15(10-14)9-13(2)33-19)24(30)25(31)28(22)18-6-5-16(26)11-17(18)27/h3-8,10-11,13,22,29H,9H2,1-2H3/b23-21-. The maximum atomic E-state index is 14.7. The Bertz CT molecular complexity index is 1340. The highest BCUT2D eigenvalue weighted by molar-refractivity contribution is 6.51. The first kappa shape index (κ1) is 20.9. The van der Waals surface area contributed by atoms with Crippen LogP contribution in [0.2, 0.25) is 0 Å². The van der Waals surface area contributed by atoms with Gasteiger partial charge in [-0.3, -0.25) is 14.5 Å². The van der Waals surface area contributed by atoms with Crippen molar-refractivity contribution in [3.8, 4) is 5.75 Å². The van der Waals surface area contributed by atoms with Crippen molar-refractivity contribution in [1.82, 2.24) is 0 Å². The maximum absolute atomic E-state index is 14.7. The number of aliphatic hydroxyl groups is 1. The molecule has 33 heavy (non-hydrogen) atoms. The summed E-state index contributed by atoms with van der Waals surface area (Å²) in [5.41, 5.74) is 0.630. The minimum Gasteiger partial charge on any atom is -0.507 e. The van der Waals surface area contributed by atoms with Crippen molar-refractivity contribution in [2.24, 2.45) is 0 Å². The van der Waals surface area contributed by atoms with Gasteiger partial charge in [0.1, 0.15) is 46.8 Å². The van der Waals surface area contributed by atoms with Crippen LogP contribution in [0.5, 0.6) is 5.75 Å². The number of benzene rings is 2. The second kappa shape index (κ2) is 7.58. The Morgan fingerprint density at radius 2 is 1.88 bits per heavy atom. The minimum absolute atomic E-state index is 0.0180. The number of aliphatic hydroxyl groups excluding tert-OH is 1. The van der Waals surface area contributed by atoms with E-state index in [0.29, 0.717) is 29.6 Å². The molecule has 6 nitrogen and oxygen atoms in total. The molecule has 3 heterocycles. The fourth-order valence-electron chi connectivity index (χ4n) is 4.35. The molecule has 2 aliphatic heterocycles. The van der Waals surface area contributed by atoms with E-state index in [-0.39, 0.29) is 23.1 Å². The van der Waals surface area contributed by atoms with E-state index in [2.05, 4.69) is 0 Å². The van der Waals surface area contributed by atoms with Crippen molar-refractivity contribution >= 4 is 23.1 Å². The van der Waals surface area contributed by atoms with Crippen LogP contribution >= 0.6 is 0 Å². The van der Waals surface area contributed by atoms with Gasteiger partial charge in [-0.05, 0) is 61.9 Å². The lowest BCUT2D eigenvalue weighted by Crippen LogP contribution is -2.30. The second-order valence-corrected chi connectivity index (χ2v) is 8.17. The number of aryl methyl sites for hydroxylation is 1. The van der Waals surface area contributed by atoms with Crippen molar-refractivity contribution in [2.45, 2.75) is 32.4 Å². The number of hydrogen-bond acceptors (Lipinski definition) is 5. The van der Waals surface area contributed by atoms with Gasteiger partial charge in [0.05, 0.1) is 11.3 Å². The SMILES string of the molecule is Cc1ccc(C2/C(=C(/O)c3ccc4c(c3)CC(C)O4)C(=O)C(=O)N2c2ccc(F)cc2F)o1. The third-order valence-electron chi connectivity index (χ3n) is 5.81. The van der Waals surface area contributed by atoms with E-state index in [4.69, 9.17) is 9.15 Å². The molecule has 8 heteroatoms. The van der Waals surface area contributed by atoms with Gasteiger partial charge in [-0.1, -0.05) is 0 Å². The molecule has 168 valence electrons. The van der Waals surface area contributed by atoms with Gasteiger partial charge in [-0.2, -0.15) is 0 Å². The minimum atomic E-state index is -1.23. The third kappa shape index (κ3) is 3.38. The molecule has 2 aromatic carbocycles. The summed E-state index contributed by atoms with van der Waals surface area (Å²) in [4.78, 5) is 27.0. The lowest BCUT2D eigenvalue weighted by Gasteiger charge is -2.23. The van der Waals surface area contributed by atoms with Crippen molar-refractivity contribution in [3.63, 3.8) is 0 Å². The van der Waals surface area contributed by atoms with Crippen molar-refractivity contribution in [3.05, 3.63) is 88.4 Å². The number of carbonyl (C=O) groups excluding carboxylic acids is 2. The Morgan fingerprint density at radius 3 is 2.58 bits per heavy atom. The van der Waals surface area contributed by atoms with Gasteiger partial charge >= 0.3 is 0 Å². The van der Waals surface area contributed by atoms with Crippen LogP contribution in [0.1, 0.15) is 35.6 Å². The van der Waals surface area contributed by atoms with E-state index in [0.717, 1.165) is 22.6 Å². The van der Waals surface area contributed by atoms with Crippen LogP contribution in [0.4, 0.5) is 14.5 Å². The summed E-state index contributed by atoms with van der Waals surface area (Å²) in [5.74, 6) is -2.97. The van der Waals surface area contributed by atoms with Gasteiger partial charge in [0.15, 0.2) is 0 Å².